The maximum Gasteiger partial charge on any atom is 0.262 e. The molecule has 1 fully saturated rings. The summed E-state index contributed by atoms with van der Waals surface area (Å²) < 4.78 is 0. The number of hydrogen-bond donors (Lipinski definition) is 2. The number of benzene rings is 1. The van der Waals surface area contributed by atoms with E-state index in [0.29, 0.717) is 11.1 Å². The zero-order valence-corrected chi connectivity index (χ0v) is 18.0. The minimum Gasteiger partial charge on any atom is -0.396 e. The van der Waals surface area contributed by atoms with Gasteiger partial charge in [-0.3, -0.25) is 29.4 Å². The summed E-state index contributed by atoms with van der Waals surface area (Å²) in [5, 5.41) is 11.0. The number of carbonyl (C=O) groups is 4. The molecule has 2 aliphatic rings. The van der Waals surface area contributed by atoms with Crippen LogP contribution in [-0.4, -0.2) is 46.3 Å². The van der Waals surface area contributed by atoms with Gasteiger partial charge in [-0.1, -0.05) is 57.1 Å². The van der Waals surface area contributed by atoms with Crippen LogP contribution >= 0.6 is 0 Å². The first-order chi connectivity index (χ1) is 15.0. The van der Waals surface area contributed by atoms with E-state index in [9.17, 15) is 19.2 Å². The number of piperidine rings is 1. The number of rotatable bonds is 12. The molecule has 4 amide bonds. The Hall–Kier alpha value is -2.54. The number of nitrogens with one attached hydrogen (secondary N) is 1. The number of carbonyl (C=O) groups excluding carboxylic acids is 4. The molecule has 7 nitrogen and oxygen atoms in total. The minimum absolute atomic E-state index is 0.123. The first-order valence-corrected chi connectivity index (χ1v) is 11.5. The third kappa shape index (κ3) is 5.58. The highest BCUT2D eigenvalue weighted by molar-refractivity contribution is 6.24. The molecular formula is C24H32N2O5. The van der Waals surface area contributed by atoms with Crippen molar-refractivity contribution in [3.8, 4) is 0 Å². The van der Waals surface area contributed by atoms with Gasteiger partial charge in [0.1, 0.15) is 6.04 Å². The summed E-state index contributed by atoms with van der Waals surface area (Å²) in [7, 11) is 0. The van der Waals surface area contributed by atoms with Gasteiger partial charge in [0.05, 0.1) is 11.1 Å². The minimum atomic E-state index is -0.921. The van der Waals surface area contributed by atoms with Gasteiger partial charge in [0.2, 0.25) is 11.8 Å². The number of aliphatic hydroxyl groups excluding tert-OH is 1. The zero-order chi connectivity index (χ0) is 22.2. The van der Waals surface area contributed by atoms with Crippen molar-refractivity contribution < 1.29 is 24.3 Å². The van der Waals surface area contributed by atoms with Crippen molar-refractivity contribution in [2.75, 3.05) is 6.61 Å². The number of nitrogens with zero attached hydrogens (tertiary/aromatic N) is 1. The molecule has 168 valence electrons. The molecule has 2 N–H and O–H groups in total. The van der Waals surface area contributed by atoms with Crippen LogP contribution in [0.3, 0.4) is 0 Å². The molecule has 2 aliphatic heterocycles. The molecule has 0 saturated carbocycles. The van der Waals surface area contributed by atoms with Crippen LogP contribution < -0.4 is 5.32 Å². The van der Waals surface area contributed by atoms with Crippen LogP contribution in [-0.2, 0) is 16.0 Å². The molecule has 1 atom stereocenters. The normalized spacial score (nSPS) is 18.5. The number of hydrogen-bond acceptors (Lipinski definition) is 5. The molecule has 1 aromatic rings. The number of aryl methyl sites for hydroxylation is 1. The summed E-state index contributed by atoms with van der Waals surface area (Å²) in [5.74, 6) is -1.82. The van der Waals surface area contributed by atoms with Gasteiger partial charge in [-0.25, -0.2) is 0 Å². The Labute approximate surface area is 183 Å². The Kier molecular flexibility index (Phi) is 8.35. The Bertz CT molecular complexity index is 835. The van der Waals surface area contributed by atoms with Crippen LogP contribution in [0.1, 0.15) is 96.9 Å². The van der Waals surface area contributed by atoms with Crippen LogP contribution in [0.5, 0.6) is 0 Å². The maximum atomic E-state index is 13.1. The number of fused-ring (bicyclic) bond motifs is 1. The number of unbranched alkanes of at least 4 members (excludes halogenated alkanes) is 8. The highest BCUT2D eigenvalue weighted by Crippen LogP contribution is 2.30. The predicted molar refractivity (Wildman–Crippen MR) is 115 cm³/mol. The van der Waals surface area contributed by atoms with Gasteiger partial charge < -0.3 is 5.11 Å². The SMILES string of the molecule is O=C1CCC(N2C(=O)c3cccc(CCCCCCCCCCCO)c3C2=O)C(=O)N1. The quantitative estimate of drug-likeness (QED) is 0.393. The largest absolute Gasteiger partial charge is 0.396 e. The Morgan fingerprint density at radius 2 is 1.52 bits per heavy atom. The smallest absolute Gasteiger partial charge is 0.262 e. The van der Waals surface area contributed by atoms with Gasteiger partial charge in [0.25, 0.3) is 11.8 Å². The standard InChI is InChI=1S/C24H32N2O5/c27-16-9-7-5-3-1-2-4-6-8-11-17-12-10-13-18-21(17)24(31)26(23(18)30)19-14-15-20(28)25-22(19)29/h10,12-13,19,27H,1-9,11,14-16H2,(H,25,28,29). The lowest BCUT2D eigenvalue weighted by Gasteiger charge is -2.27. The van der Waals surface area contributed by atoms with Gasteiger partial charge in [0, 0.05) is 13.0 Å². The van der Waals surface area contributed by atoms with Crippen molar-refractivity contribution in [3.05, 3.63) is 34.9 Å². The highest BCUT2D eigenvalue weighted by atomic mass is 16.3. The van der Waals surface area contributed by atoms with Crippen molar-refractivity contribution >= 4 is 23.6 Å². The van der Waals surface area contributed by atoms with Crippen molar-refractivity contribution in [1.82, 2.24) is 10.2 Å². The lowest BCUT2D eigenvalue weighted by molar-refractivity contribution is -0.136. The summed E-state index contributed by atoms with van der Waals surface area (Å²) in [4.78, 5) is 50.6. The summed E-state index contributed by atoms with van der Waals surface area (Å²) >= 11 is 0. The molecule has 2 heterocycles. The Balaban J connectivity index is 1.51. The van der Waals surface area contributed by atoms with E-state index in [1.807, 2.05) is 6.07 Å². The van der Waals surface area contributed by atoms with Crippen LogP contribution in [0.15, 0.2) is 18.2 Å². The van der Waals surface area contributed by atoms with E-state index < -0.39 is 23.8 Å². The molecule has 1 saturated heterocycles. The first kappa shape index (κ1) is 23.1. The van der Waals surface area contributed by atoms with Gasteiger partial charge in [0.15, 0.2) is 0 Å². The topological polar surface area (TPSA) is 104 Å². The summed E-state index contributed by atoms with van der Waals surface area (Å²) in [6.07, 6.45) is 10.9. The third-order valence-corrected chi connectivity index (χ3v) is 6.16. The monoisotopic (exact) mass is 428 g/mol. The molecule has 31 heavy (non-hydrogen) atoms. The molecule has 7 heteroatoms. The molecule has 0 aromatic heterocycles. The number of imide groups is 2. The molecule has 1 aromatic carbocycles. The summed E-state index contributed by atoms with van der Waals surface area (Å²) in [6, 6.07) is 4.40. The Morgan fingerprint density at radius 1 is 0.871 bits per heavy atom. The van der Waals surface area contributed by atoms with E-state index in [1.54, 1.807) is 12.1 Å². The Morgan fingerprint density at radius 3 is 2.16 bits per heavy atom. The maximum absolute atomic E-state index is 13.1. The second-order valence-corrected chi connectivity index (χ2v) is 8.44. The van der Waals surface area contributed by atoms with Gasteiger partial charge in [-0.05, 0) is 37.3 Å². The van der Waals surface area contributed by atoms with Crippen molar-refractivity contribution in [3.63, 3.8) is 0 Å². The van der Waals surface area contributed by atoms with Crippen LogP contribution in [0.4, 0.5) is 0 Å². The third-order valence-electron chi connectivity index (χ3n) is 6.16. The molecule has 0 aliphatic carbocycles. The van der Waals surface area contributed by atoms with Crippen molar-refractivity contribution in [2.45, 2.75) is 83.1 Å². The second-order valence-electron chi connectivity index (χ2n) is 8.44. The fourth-order valence-corrected chi connectivity index (χ4v) is 4.46. The average molecular weight is 429 g/mol. The van der Waals surface area contributed by atoms with E-state index in [0.717, 1.165) is 49.0 Å². The lowest BCUT2D eigenvalue weighted by atomic mass is 9.97. The highest BCUT2D eigenvalue weighted by Gasteiger charge is 2.45. The molecule has 0 bridgehead atoms. The lowest BCUT2D eigenvalue weighted by Crippen LogP contribution is -2.54. The van der Waals surface area contributed by atoms with E-state index in [-0.39, 0.29) is 25.4 Å². The molecular weight excluding hydrogens is 396 g/mol. The average Bonchev–Trinajstić information content (AvgIpc) is 3.01. The van der Waals surface area contributed by atoms with Crippen molar-refractivity contribution in [2.24, 2.45) is 0 Å². The fraction of sp³-hybridized carbons (Fsp3) is 0.583. The van der Waals surface area contributed by atoms with E-state index in [1.165, 1.54) is 25.7 Å². The van der Waals surface area contributed by atoms with Crippen molar-refractivity contribution in [1.29, 1.82) is 0 Å². The van der Waals surface area contributed by atoms with E-state index in [4.69, 9.17) is 5.11 Å². The molecule has 0 spiro atoms. The van der Waals surface area contributed by atoms with Crippen LogP contribution in [0.25, 0.3) is 0 Å². The number of amides is 4. The molecule has 1 unspecified atom stereocenters. The fourth-order valence-electron chi connectivity index (χ4n) is 4.46. The van der Waals surface area contributed by atoms with Gasteiger partial charge in [-0.2, -0.15) is 0 Å². The molecule has 0 radical (unpaired) electrons. The van der Waals surface area contributed by atoms with Crippen LogP contribution in [0, 0.1) is 0 Å². The predicted octanol–water partition coefficient (Wildman–Crippen LogP) is 3.13. The zero-order valence-electron chi connectivity index (χ0n) is 18.0. The first-order valence-electron chi connectivity index (χ1n) is 11.5. The summed E-state index contributed by atoms with van der Waals surface area (Å²) in [5.41, 5.74) is 1.63. The van der Waals surface area contributed by atoms with Gasteiger partial charge >= 0.3 is 0 Å². The van der Waals surface area contributed by atoms with Crippen LogP contribution in [0.2, 0.25) is 0 Å². The van der Waals surface area contributed by atoms with E-state index in [2.05, 4.69) is 5.32 Å². The molecule has 3 rings (SSSR count). The van der Waals surface area contributed by atoms with E-state index >= 15 is 0 Å². The second kappa shape index (κ2) is 11.2. The van der Waals surface area contributed by atoms with Gasteiger partial charge in [-0.15, -0.1) is 0 Å². The number of aliphatic hydroxyl groups is 1. The summed E-state index contributed by atoms with van der Waals surface area (Å²) in [6.45, 7) is 0.280.